The van der Waals surface area contributed by atoms with E-state index >= 15 is 0 Å². The molecule has 0 spiro atoms. The molecule has 0 radical (unpaired) electrons. The number of nitrogens with zero attached hydrogens (tertiary/aromatic N) is 3. The molecule has 1 N–H and O–H groups in total. The zero-order chi connectivity index (χ0) is 16.5. The van der Waals surface area contributed by atoms with Crippen LogP contribution in [0.2, 0.25) is 0 Å². The monoisotopic (exact) mass is 334 g/mol. The lowest BCUT2D eigenvalue weighted by Crippen LogP contribution is -2.35. The topological polar surface area (TPSA) is 67.3 Å². The van der Waals surface area contributed by atoms with Gasteiger partial charge < -0.3 is 15.0 Å². The predicted octanol–water partition coefficient (Wildman–Crippen LogP) is 1.72. The summed E-state index contributed by atoms with van der Waals surface area (Å²) in [6.45, 7) is 1.54. The minimum atomic E-state index is -0.0246. The molecule has 2 rings (SSSR count). The number of likely N-dealkylation sites (N-methyl/N-ethyl adjacent to an activating group) is 1. The molecule has 0 unspecified atom stereocenters. The van der Waals surface area contributed by atoms with Gasteiger partial charge in [-0.2, -0.15) is 4.37 Å². The van der Waals surface area contributed by atoms with Crippen molar-refractivity contribution in [3.8, 4) is 0 Å². The molecule has 0 atom stereocenters. The fourth-order valence-corrected chi connectivity index (χ4v) is 2.68. The standard InChI is InChI=1S/C16H22N4O2S/c1-20(12-15(21)17-9-6-10-22-2)16-18-14(19-23-16)11-13-7-4-3-5-8-13/h3-5,7-8H,6,9-12H2,1-2H3,(H,17,21). The highest BCUT2D eigenvalue weighted by atomic mass is 32.1. The van der Waals surface area contributed by atoms with E-state index in [9.17, 15) is 4.79 Å². The second kappa shape index (κ2) is 9.22. The second-order valence-corrected chi connectivity index (χ2v) is 5.94. The zero-order valence-electron chi connectivity index (χ0n) is 13.5. The highest BCUT2D eigenvalue weighted by Crippen LogP contribution is 2.17. The molecular formula is C16H22N4O2S. The first-order valence-corrected chi connectivity index (χ1v) is 8.29. The third-order valence-electron chi connectivity index (χ3n) is 3.22. The van der Waals surface area contributed by atoms with Gasteiger partial charge in [-0.25, -0.2) is 4.98 Å². The van der Waals surface area contributed by atoms with Crippen molar-refractivity contribution in [2.24, 2.45) is 0 Å². The van der Waals surface area contributed by atoms with Crippen LogP contribution in [0.3, 0.4) is 0 Å². The van der Waals surface area contributed by atoms with Gasteiger partial charge in [0.1, 0.15) is 5.82 Å². The maximum atomic E-state index is 11.9. The third kappa shape index (κ3) is 5.96. The maximum Gasteiger partial charge on any atom is 0.239 e. The Bertz CT molecular complexity index is 603. The molecular weight excluding hydrogens is 312 g/mol. The van der Waals surface area contributed by atoms with Crippen molar-refractivity contribution in [2.45, 2.75) is 12.8 Å². The van der Waals surface area contributed by atoms with E-state index in [0.717, 1.165) is 17.4 Å². The van der Waals surface area contributed by atoms with Gasteiger partial charge in [-0.3, -0.25) is 4.79 Å². The Morgan fingerprint density at radius 2 is 2.13 bits per heavy atom. The van der Waals surface area contributed by atoms with E-state index < -0.39 is 0 Å². The van der Waals surface area contributed by atoms with Crippen LogP contribution in [0.15, 0.2) is 30.3 Å². The molecule has 2 aromatic rings. The Labute approximate surface area is 140 Å². The van der Waals surface area contributed by atoms with Crippen LogP contribution in [-0.4, -0.2) is 49.1 Å². The normalized spacial score (nSPS) is 10.5. The van der Waals surface area contributed by atoms with Gasteiger partial charge in [0.05, 0.1) is 6.54 Å². The van der Waals surface area contributed by atoms with E-state index in [-0.39, 0.29) is 12.5 Å². The Kier molecular flexibility index (Phi) is 6.96. The molecule has 0 fully saturated rings. The van der Waals surface area contributed by atoms with Gasteiger partial charge in [0, 0.05) is 45.3 Å². The Balaban J connectivity index is 1.81. The van der Waals surface area contributed by atoms with E-state index in [1.165, 1.54) is 17.1 Å². The minimum Gasteiger partial charge on any atom is -0.385 e. The summed E-state index contributed by atoms with van der Waals surface area (Å²) in [6, 6.07) is 10.1. The lowest BCUT2D eigenvalue weighted by atomic mass is 10.1. The van der Waals surface area contributed by atoms with Crippen LogP contribution in [0.25, 0.3) is 0 Å². The number of carbonyl (C=O) groups excluding carboxylic acids is 1. The second-order valence-electron chi connectivity index (χ2n) is 5.21. The number of methoxy groups -OCH3 is 1. The van der Waals surface area contributed by atoms with Crippen LogP contribution in [0.5, 0.6) is 0 Å². The summed E-state index contributed by atoms with van der Waals surface area (Å²) in [5.41, 5.74) is 1.18. The maximum absolute atomic E-state index is 11.9. The predicted molar refractivity (Wildman–Crippen MR) is 91.9 cm³/mol. The quantitative estimate of drug-likeness (QED) is 0.707. The van der Waals surface area contributed by atoms with Crippen molar-refractivity contribution >= 4 is 22.6 Å². The summed E-state index contributed by atoms with van der Waals surface area (Å²) < 4.78 is 9.31. The van der Waals surface area contributed by atoms with Gasteiger partial charge in [-0.1, -0.05) is 30.3 Å². The molecule has 0 saturated carbocycles. The molecule has 1 aromatic heterocycles. The molecule has 0 aliphatic rings. The largest absolute Gasteiger partial charge is 0.385 e. The van der Waals surface area contributed by atoms with Crippen LogP contribution < -0.4 is 10.2 Å². The first-order chi connectivity index (χ1) is 11.2. The number of amides is 1. The van der Waals surface area contributed by atoms with Gasteiger partial charge in [0.25, 0.3) is 0 Å². The molecule has 0 bridgehead atoms. The SMILES string of the molecule is COCCCNC(=O)CN(C)c1nc(Cc2ccccc2)ns1. The molecule has 0 aliphatic carbocycles. The first-order valence-electron chi connectivity index (χ1n) is 7.52. The number of carbonyl (C=O) groups is 1. The Morgan fingerprint density at radius 1 is 1.35 bits per heavy atom. The van der Waals surface area contributed by atoms with Crippen molar-refractivity contribution in [1.82, 2.24) is 14.7 Å². The van der Waals surface area contributed by atoms with Gasteiger partial charge in [-0.15, -0.1) is 0 Å². The highest BCUT2D eigenvalue weighted by Gasteiger charge is 2.12. The number of hydrogen-bond acceptors (Lipinski definition) is 6. The Morgan fingerprint density at radius 3 is 2.87 bits per heavy atom. The van der Waals surface area contributed by atoms with Gasteiger partial charge in [-0.05, 0) is 12.0 Å². The summed E-state index contributed by atoms with van der Waals surface area (Å²) >= 11 is 1.32. The van der Waals surface area contributed by atoms with Crippen molar-refractivity contribution < 1.29 is 9.53 Å². The number of nitrogens with one attached hydrogen (secondary N) is 1. The molecule has 0 saturated heterocycles. The van der Waals surface area contributed by atoms with E-state index in [1.807, 2.05) is 30.1 Å². The van der Waals surface area contributed by atoms with Gasteiger partial charge in [0.2, 0.25) is 11.0 Å². The summed E-state index contributed by atoms with van der Waals surface area (Å²) in [6.07, 6.45) is 1.51. The van der Waals surface area contributed by atoms with Crippen LogP contribution >= 0.6 is 11.5 Å². The van der Waals surface area contributed by atoms with Crippen LogP contribution in [-0.2, 0) is 16.0 Å². The van der Waals surface area contributed by atoms with Gasteiger partial charge >= 0.3 is 0 Å². The van der Waals surface area contributed by atoms with Crippen LogP contribution in [0.1, 0.15) is 17.8 Å². The average Bonchev–Trinajstić information content (AvgIpc) is 3.01. The molecule has 0 aliphatic heterocycles. The number of anilines is 1. The summed E-state index contributed by atoms with van der Waals surface area (Å²) in [5.74, 6) is 0.756. The smallest absolute Gasteiger partial charge is 0.239 e. The lowest BCUT2D eigenvalue weighted by molar-refractivity contribution is -0.119. The zero-order valence-corrected chi connectivity index (χ0v) is 14.3. The molecule has 1 aromatic carbocycles. The number of ether oxygens (including phenoxy) is 1. The van der Waals surface area contributed by atoms with Crippen molar-refractivity contribution in [1.29, 1.82) is 0 Å². The fourth-order valence-electron chi connectivity index (χ4n) is 2.03. The molecule has 1 heterocycles. The van der Waals surface area contributed by atoms with Crippen LogP contribution in [0.4, 0.5) is 5.13 Å². The van der Waals surface area contributed by atoms with E-state index in [2.05, 4.69) is 26.8 Å². The molecule has 7 heteroatoms. The van der Waals surface area contributed by atoms with Crippen molar-refractivity contribution in [3.63, 3.8) is 0 Å². The third-order valence-corrected chi connectivity index (χ3v) is 4.09. The lowest BCUT2D eigenvalue weighted by Gasteiger charge is -2.14. The van der Waals surface area contributed by atoms with E-state index in [0.29, 0.717) is 19.6 Å². The summed E-state index contributed by atoms with van der Waals surface area (Å²) in [7, 11) is 3.50. The number of hydrogen-bond donors (Lipinski definition) is 1. The highest BCUT2D eigenvalue weighted by molar-refractivity contribution is 7.09. The average molecular weight is 334 g/mol. The molecule has 1 amide bonds. The minimum absolute atomic E-state index is 0.0246. The number of rotatable bonds is 9. The van der Waals surface area contributed by atoms with E-state index in [4.69, 9.17) is 4.74 Å². The molecule has 6 nitrogen and oxygen atoms in total. The molecule has 23 heavy (non-hydrogen) atoms. The first kappa shape index (κ1) is 17.4. The number of benzene rings is 1. The van der Waals surface area contributed by atoms with Crippen molar-refractivity contribution in [3.05, 3.63) is 41.7 Å². The van der Waals surface area contributed by atoms with Gasteiger partial charge in [0.15, 0.2) is 0 Å². The fraction of sp³-hybridized carbons (Fsp3) is 0.438. The van der Waals surface area contributed by atoms with Crippen LogP contribution in [0, 0.1) is 0 Å². The summed E-state index contributed by atoms with van der Waals surface area (Å²) in [4.78, 5) is 18.2. The Hall–Kier alpha value is -1.99. The summed E-state index contributed by atoms with van der Waals surface area (Å²) in [5, 5.41) is 3.61. The van der Waals surface area contributed by atoms with Crippen molar-refractivity contribution in [2.75, 3.05) is 38.8 Å². The number of aromatic nitrogens is 2. The molecule has 124 valence electrons. The van der Waals surface area contributed by atoms with E-state index in [1.54, 1.807) is 7.11 Å².